The number of hydrogen-bond donors (Lipinski definition) is 2. The van der Waals surface area contributed by atoms with Gasteiger partial charge in [0.2, 0.25) is 0 Å². The van der Waals surface area contributed by atoms with Gasteiger partial charge in [0.15, 0.2) is 0 Å². The minimum atomic E-state index is -0.553. The number of rotatable bonds is 4. The second-order valence-corrected chi connectivity index (χ2v) is 5.30. The number of hydrogen-bond acceptors (Lipinski definition) is 3. The van der Waals surface area contributed by atoms with Gasteiger partial charge >= 0.3 is 0 Å². The highest BCUT2D eigenvalue weighted by Crippen LogP contribution is 2.30. The smallest absolute Gasteiger partial charge is 0.105 e. The number of nitrogens with one attached hydrogen (secondary N) is 1. The van der Waals surface area contributed by atoms with Gasteiger partial charge in [0.25, 0.3) is 0 Å². The molecule has 17 heavy (non-hydrogen) atoms. The minimum absolute atomic E-state index is 0.379. The topological polar surface area (TPSA) is 32.3 Å². The fraction of sp³-hybridized carbons (Fsp3) is 0.167. The molecular formula is C12H11Cl2NOS. The molecule has 5 heteroatoms. The highest BCUT2D eigenvalue weighted by Gasteiger charge is 2.10. The number of benzene rings is 1. The maximum Gasteiger partial charge on any atom is 0.105 e. The van der Waals surface area contributed by atoms with Crippen molar-refractivity contribution in [3.05, 3.63) is 50.6 Å². The van der Waals surface area contributed by atoms with Crippen molar-refractivity contribution in [3.63, 3.8) is 0 Å². The third-order valence-electron chi connectivity index (χ3n) is 2.31. The molecule has 0 spiro atoms. The van der Waals surface area contributed by atoms with Gasteiger partial charge in [-0.25, -0.2) is 0 Å². The van der Waals surface area contributed by atoms with Crippen LogP contribution in [0.4, 0.5) is 5.69 Å². The summed E-state index contributed by atoms with van der Waals surface area (Å²) >= 11 is 13.5. The van der Waals surface area contributed by atoms with E-state index in [1.54, 1.807) is 18.2 Å². The zero-order valence-corrected chi connectivity index (χ0v) is 11.2. The summed E-state index contributed by atoms with van der Waals surface area (Å²) in [6, 6.07) is 9.10. The molecule has 0 aliphatic rings. The van der Waals surface area contributed by atoms with E-state index < -0.39 is 6.10 Å². The van der Waals surface area contributed by atoms with Crippen LogP contribution in [0.3, 0.4) is 0 Å². The molecule has 90 valence electrons. The molecule has 1 aromatic heterocycles. The molecule has 1 aromatic carbocycles. The Hall–Kier alpha value is -0.740. The second kappa shape index (κ2) is 5.74. The first kappa shape index (κ1) is 12.7. The fourth-order valence-corrected chi connectivity index (χ4v) is 2.69. The van der Waals surface area contributed by atoms with Gasteiger partial charge in [0, 0.05) is 11.4 Å². The van der Waals surface area contributed by atoms with Gasteiger partial charge in [-0.1, -0.05) is 35.3 Å². The predicted octanol–water partition coefficient (Wildman–Crippen LogP) is 4.20. The summed E-state index contributed by atoms with van der Waals surface area (Å²) in [6.45, 7) is 0.379. The van der Waals surface area contributed by atoms with Crippen molar-refractivity contribution >= 4 is 40.2 Å². The first-order chi connectivity index (χ1) is 8.18. The summed E-state index contributed by atoms with van der Waals surface area (Å²) in [7, 11) is 0. The van der Waals surface area contributed by atoms with E-state index in [-0.39, 0.29) is 0 Å². The lowest BCUT2D eigenvalue weighted by Gasteiger charge is -2.13. The van der Waals surface area contributed by atoms with Crippen LogP contribution in [0.1, 0.15) is 11.0 Å². The number of para-hydroxylation sites is 1. The number of halogens is 2. The number of anilines is 1. The molecule has 2 N–H and O–H groups in total. The van der Waals surface area contributed by atoms with Crippen LogP contribution in [0, 0.1) is 0 Å². The Morgan fingerprint density at radius 3 is 2.47 bits per heavy atom. The first-order valence-electron chi connectivity index (χ1n) is 5.08. The van der Waals surface area contributed by atoms with Crippen molar-refractivity contribution < 1.29 is 5.11 Å². The molecule has 1 unspecified atom stereocenters. The summed E-state index contributed by atoms with van der Waals surface area (Å²) in [5, 5.41) is 16.0. The Morgan fingerprint density at radius 1 is 1.18 bits per heavy atom. The van der Waals surface area contributed by atoms with Gasteiger partial charge in [0.05, 0.1) is 15.7 Å². The minimum Gasteiger partial charge on any atom is -0.386 e. The number of aliphatic hydroxyl groups is 1. The third kappa shape index (κ3) is 3.13. The molecule has 0 fully saturated rings. The molecular weight excluding hydrogens is 277 g/mol. The van der Waals surface area contributed by atoms with Gasteiger partial charge in [-0.2, -0.15) is 0 Å². The number of thiophene rings is 1. The lowest BCUT2D eigenvalue weighted by atomic mass is 10.2. The van der Waals surface area contributed by atoms with E-state index in [0.717, 1.165) is 4.88 Å². The zero-order valence-electron chi connectivity index (χ0n) is 8.86. The predicted molar refractivity (Wildman–Crippen MR) is 74.2 cm³/mol. The molecule has 0 amide bonds. The largest absolute Gasteiger partial charge is 0.386 e. The molecule has 1 atom stereocenters. The van der Waals surface area contributed by atoms with Gasteiger partial charge in [-0.3, -0.25) is 0 Å². The quantitative estimate of drug-likeness (QED) is 0.883. The van der Waals surface area contributed by atoms with Crippen molar-refractivity contribution in [1.29, 1.82) is 0 Å². The van der Waals surface area contributed by atoms with Crippen molar-refractivity contribution in [1.82, 2.24) is 0 Å². The Bertz CT molecular complexity index is 467. The summed E-state index contributed by atoms with van der Waals surface area (Å²) in [5.74, 6) is 0. The average molecular weight is 288 g/mol. The van der Waals surface area contributed by atoms with Gasteiger partial charge in [-0.05, 0) is 23.6 Å². The standard InChI is InChI=1S/C12H11Cl2NOS/c13-8-3-1-4-9(14)12(8)15-7-10(16)11-5-2-6-17-11/h1-6,10,15-16H,7H2. The van der Waals surface area contributed by atoms with Crippen LogP contribution in [0.25, 0.3) is 0 Å². The van der Waals surface area contributed by atoms with Crippen molar-refractivity contribution in [2.45, 2.75) is 6.10 Å². The van der Waals surface area contributed by atoms with Gasteiger partial charge < -0.3 is 10.4 Å². The van der Waals surface area contributed by atoms with E-state index in [1.807, 2.05) is 17.5 Å². The molecule has 1 heterocycles. The van der Waals surface area contributed by atoms with Crippen molar-refractivity contribution in [3.8, 4) is 0 Å². The van der Waals surface area contributed by atoms with Crippen LogP contribution < -0.4 is 5.32 Å². The monoisotopic (exact) mass is 287 g/mol. The fourth-order valence-electron chi connectivity index (χ4n) is 1.45. The van der Waals surface area contributed by atoms with E-state index in [2.05, 4.69) is 5.32 Å². The molecule has 0 aliphatic carbocycles. The maximum atomic E-state index is 9.91. The summed E-state index contributed by atoms with van der Waals surface area (Å²) in [4.78, 5) is 0.917. The van der Waals surface area contributed by atoms with E-state index in [1.165, 1.54) is 11.3 Å². The molecule has 0 saturated carbocycles. The van der Waals surface area contributed by atoms with Crippen LogP contribution in [-0.4, -0.2) is 11.7 Å². The lowest BCUT2D eigenvalue weighted by molar-refractivity contribution is 0.195. The highest BCUT2D eigenvalue weighted by molar-refractivity contribution is 7.10. The van der Waals surface area contributed by atoms with Crippen LogP contribution in [0.2, 0.25) is 10.0 Å². The van der Waals surface area contributed by atoms with Crippen LogP contribution in [0.15, 0.2) is 35.7 Å². The summed E-state index contributed by atoms with van der Waals surface area (Å²) in [6.07, 6.45) is -0.553. The first-order valence-corrected chi connectivity index (χ1v) is 6.71. The molecule has 2 nitrogen and oxygen atoms in total. The highest BCUT2D eigenvalue weighted by atomic mass is 35.5. The van der Waals surface area contributed by atoms with E-state index in [0.29, 0.717) is 22.3 Å². The van der Waals surface area contributed by atoms with Crippen LogP contribution in [-0.2, 0) is 0 Å². The van der Waals surface area contributed by atoms with E-state index >= 15 is 0 Å². The zero-order chi connectivity index (χ0) is 12.3. The molecule has 2 rings (SSSR count). The van der Waals surface area contributed by atoms with Crippen molar-refractivity contribution in [2.24, 2.45) is 0 Å². The summed E-state index contributed by atoms with van der Waals surface area (Å²) in [5.41, 5.74) is 0.659. The molecule has 2 aromatic rings. The van der Waals surface area contributed by atoms with E-state index in [9.17, 15) is 5.11 Å². The van der Waals surface area contributed by atoms with Gasteiger partial charge in [-0.15, -0.1) is 11.3 Å². The Labute approximate surface area is 114 Å². The average Bonchev–Trinajstić information content (AvgIpc) is 2.81. The third-order valence-corrected chi connectivity index (χ3v) is 3.91. The van der Waals surface area contributed by atoms with Crippen molar-refractivity contribution in [2.75, 3.05) is 11.9 Å². The van der Waals surface area contributed by atoms with Gasteiger partial charge in [0.1, 0.15) is 6.10 Å². The Morgan fingerprint density at radius 2 is 1.88 bits per heavy atom. The van der Waals surface area contributed by atoms with E-state index in [4.69, 9.17) is 23.2 Å². The Balaban J connectivity index is 2.03. The molecule has 0 radical (unpaired) electrons. The van der Waals surface area contributed by atoms with Crippen LogP contribution >= 0.6 is 34.5 Å². The maximum absolute atomic E-state index is 9.91. The molecule has 0 bridgehead atoms. The second-order valence-electron chi connectivity index (χ2n) is 3.51. The Kier molecular flexibility index (Phi) is 4.29. The van der Waals surface area contributed by atoms with Crippen LogP contribution in [0.5, 0.6) is 0 Å². The lowest BCUT2D eigenvalue weighted by Crippen LogP contribution is -2.11. The number of aliphatic hydroxyl groups excluding tert-OH is 1. The summed E-state index contributed by atoms with van der Waals surface area (Å²) < 4.78 is 0. The normalized spacial score (nSPS) is 12.4. The molecule has 0 saturated heterocycles. The SMILES string of the molecule is OC(CNc1c(Cl)cccc1Cl)c1cccs1. The molecule has 0 aliphatic heterocycles.